The topological polar surface area (TPSA) is 112 Å². The SMILES string of the molecule is CCOC(=O)C1=C(c2ccccc2)N=c2s/c(=C\c3ccc(OCC#N)cc3)c(=O)n2[C@H]1c1ccc(OC)c(OC)c1. The number of fused-ring (bicyclic) bond motifs is 1. The predicted octanol–water partition coefficient (Wildman–Crippen LogP) is 3.86. The van der Waals surface area contributed by atoms with Gasteiger partial charge in [0.1, 0.15) is 11.8 Å². The molecule has 0 aliphatic carbocycles. The van der Waals surface area contributed by atoms with Crippen molar-refractivity contribution in [3.05, 3.63) is 115 Å². The Balaban J connectivity index is 1.76. The standard InChI is InChI=1S/C32H27N3O6S/c1-4-40-31(37)27-28(21-8-6-5-7-9-21)34-32-35(29(27)22-12-15-24(38-2)25(19-22)39-3)30(36)26(42-32)18-20-10-13-23(14-11-20)41-17-16-33/h5-15,18-19,29H,4,17H2,1-3H3/b26-18-/t29-/m0/s1. The Hall–Kier alpha value is -5.14. The molecule has 0 amide bonds. The number of hydrogen-bond donors (Lipinski definition) is 0. The number of thiazole rings is 1. The molecule has 10 heteroatoms. The maximum atomic E-state index is 14.0. The van der Waals surface area contributed by atoms with Crippen LogP contribution in [0.5, 0.6) is 17.2 Å². The van der Waals surface area contributed by atoms with Gasteiger partial charge in [0, 0.05) is 5.56 Å². The van der Waals surface area contributed by atoms with Crippen LogP contribution >= 0.6 is 11.3 Å². The van der Waals surface area contributed by atoms with E-state index in [1.165, 1.54) is 23.0 Å². The molecule has 0 spiro atoms. The van der Waals surface area contributed by atoms with E-state index in [1.807, 2.05) is 36.4 Å². The van der Waals surface area contributed by atoms with Crippen molar-refractivity contribution in [2.75, 3.05) is 27.4 Å². The van der Waals surface area contributed by atoms with Crippen LogP contribution in [0.2, 0.25) is 0 Å². The Morgan fingerprint density at radius 2 is 1.79 bits per heavy atom. The largest absolute Gasteiger partial charge is 0.493 e. The summed E-state index contributed by atoms with van der Waals surface area (Å²) in [5, 5.41) is 8.75. The van der Waals surface area contributed by atoms with Gasteiger partial charge in [0.05, 0.1) is 42.7 Å². The second-order valence-corrected chi connectivity index (χ2v) is 10.1. The average Bonchev–Trinajstić information content (AvgIpc) is 3.34. The van der Waals surface area contributed by atoms with Gasteiger partial charge in [-0.2, -0.15) is 5.26 Å². The second kappa shape index (κ2) is 12.6. The molecule has 1 aliphatic rings. The van der Waals surface area contributed by atoms with Gasteiger partial charge in [0.15, 0.2) is 22.9 Å². The minimum atomic E-state index is -0.848. The van der Waals surface area contributed by atoms with Gasteiger partial charge in [-0.3, -0.25) is 9.36 Å². The van der Waals surface area contributed by atoms with Gasteiger partial charge < -0.3 is 18.9 Å². The molecule has 0 fully saturated rings. The van der Waals surface area contributed by atoms with Gasteiger partial charge in [-0.05, 0) is 48.4 Å². The minimum absolute atomic E-state index is 0.0549. The Bertz CT molecular complexity index is 1870. The van der Waals surface area contributed by atoms with Crippen molar-refractivity contribution in [3.8, 4) is 23.3 Å². The van der Waals surface area contributed by atoms with E-state index in [0.29, 0.717) is 37.8 Å². The van der Waals surface area contributed by atoms with Crippen LogP contribution in [0.15, 0.2) is 88.2 Å². The molecule has 3 aromatic carbocycles. The molecule has 5 rings (SSSR count). The predicted molar refractivity (Wildman–Crippen MR) is 158 cm³/mol. The lowest BCUT2D eigenvalue weighted by molar-refractivity contribution is -0.138. The molecule has 1 aliphatic heterocycles. The molecule has 212 valence electrons. The van der Waals surface area contributed by atoms with Gasteiger partial charge >= 0.3 is 5.97 Å². The fraction of sp³-hybridized carbons (Fsp3) is 0.188. The highest BCUT2D eigenvalue weighted by Crippen LogP contribution is 2.38. The first-order chi connectivity index (χ1) is 20.5. The normalized spacial score (nSPS) is 14.4. The maximum absolute atomic E-state index is 14.0. The number of aromatic nitrogens is 1. The van der Waals surface area contributed by atoms with Crippen molar-refractivity contribution < 1.29 is 23.7 Å². The number of benzene rings is 3. The van der Waals surface area contributed by atoms with Crippen LogP contribution in [-0.4, -0.2) is 38.0 Å². The lowest BCUT2D eigenvalue weighted by Gasteiger charge is -2.26. The third-order valence-electron chi connectivity index (χ3n) is 6.58. The van der Waals surface area contributed by atoms with E-state index < -0.39 is 12.0 Å². The fourth-order valence-electron chi connectivity index (χ4n) is 4.71. The smallest absolute Gasteiger partial charge is 0.338 e. The average molecular weight is 582 g/mol. The number of hydrogen-bond acceptors (Lipinski definition) is 9. The molecule has 0 unspecified atom stereocenters. The number of nitrogens with zero attached hydrogens (tertiary/aromatic N) is 3. The lowest BCUT2D eigenvalue weighted by Crippen LogP contribution is -2.40. The van der Waals surface area contributed by atoms with Gasteiger partial charge in [-0.1, -0.05) is 59.9 Å². The van der Waals surface area contributed by atoms with Crippen molar-refractivity contribution in [3.63, 3.8) is 0 Å². The summed E-state index contributed by atoms with van der Waals surface area (Å²) in [7, 11) is 3.07. The summed E-state index contributed by atoms with van der Waals surface area (Å²) >= 11 is 1.23. The summed E-state index contributed by atoms with van der Waals surface area (Å²) in [6, 6.07) is 22.8. The first-order valence-electron chi connectivity index (χ1n) is 13.1. The monoisotopic (exact) mass is 581 g/mol. The molecule has 1 atom stereocenters. The number of carbonyl (C=O) groups is 1. The zero-order valence-electron chi connectivity index (χ0n) is 23.2. The van der Waals surface area contributed by atoms with E-state index in [4.69, 9.17) is 29.2 Å². The third-order valence-corrected chi connectivity index (χ3v) is 7.56. The van der Waals surface area contributed by atoms with Crippen molar-refractivity contribution in [2.45, 2.75) is 13.0 Å². The van der Waals surface area contributed by atoms with E-state index >= 15 is 0 Å². The van der Waals surface area contributed by atoms with Crippen LogP contribution in [0.25, 0.3) is 11.8 Å². The van der Waals surface area contributed by atoms with Crippen molar-refractivity contribution in [1.82, 2.24) is 4.57 Å². The fourth-order valence-corrected chi connectivity index (χ4v) is 5.71. The van der Waals surface area contributed by atoms with Crippen molar-refractivity contribution in [2.24, 2.45) is 4.99 Å². The first-order valence-corrected chi connectivity index (χ1v) is 13.9. The molecule has 0 saturated heterocycles. The summed E-state index contributed by atoms with van der Waals surface area (Å²) in [6.45, 7) is 1.83. The number of nitriles is 1. The van der Waals surface area contributed by atoms with Gasteiger partial charge in [0.2, 0.25) is 0 Å². The number of ether oxygens (including phenoxy) is 4. The molecular weight excluding hydrogens is 554 g/mol. The maximum Gasteiger partial charge on any atom is 0.338 e. The number of esters is 1. The Morgan fingerprint density at radius 3 is 2.45 bits per heavy atom. The van der Waals surface area contributed by atoms with Gasteiger partial charge in [-0.25, -0.2) is 9.79 Å². The molecule has 0 saturated carbocycles. The van der Waals surface area contributed by atoms with Gasteiger partial charge in [0.25, 0.3) is 5.56 Å². The number of carbonyl (C=O) groups excluding carboxylic acids is 1. The van der Waals surface area contributed by atoms with Crippen LogP contribution < -0.4 is 29.1 Å². The van der Waals surface area contributed by atoms with E-state index in [-0.39, 0.29) is 24.3 Å². The molecule has 0 bridgehead atoms. The zero-order valence-corrected chi connectivity index (χ0v) is 24.0. The molecule has 1 aromatic heterocycles. The number of rotatable bonds is 9. The molecule has 0 radical (unpaired) electrons. The summed E-state index contributed by atoms with van der Waals surface area (Å²) in [5.41, 5.74) is 2.48. The molecule has 0 N–H and O–H groups in total. The molecule has 9 nitrogen and oxygen atoms in total. The molecule has 4 aromatic rings. The third kappa shape index (κ3) is 5.55. The van der Waals surface area contributed by atoms with Crippen LogP contribution in [0.1, 0.15) is 29.7 Å². The van der Waals surface area contributed by atoms with Crippen molar-refractivity contribution in [1.29, 1.82) is 5.26 Å². The van der Waals surface area contributed by atoms with E-state index in [2.05, 4.69) is 0 Å². The van der Waals surface area contributed by atoms with Crippen LogP contribution in [0, 0.1) is 11.3 Å². The summed E-state index contributed by atoms with van der Waals surface area (Å²) in [5.74, 6) is 0.954. The zero-order chi connectivity index (χ0) is 29.6. The Kier molecular flexibility index (Phi) is 8.50. The molecule has 2 heterocycles. The quantitative estimate of drug-likeness (QED) is 0.276. The Morgan fingerprint density at radius 1 is 1.05 bits per heavy atom. The van der Waals surface area contributed by atoms with E-state index in [1.54, 1.807) is 62.6 Å². The minimum Gasteiger partial charge on any atom is -0.493 e. The highest BCUT2D eigenvalue weighted by molar-refractivity contribution is 7.07. The van der Waals surface area contributed by atoms with E-state index in [9.17, 15) is 9.59 Å². The second-order valence-electron chi connectivity index (χ2n) is 9.06. The highest BCUT2D eigenvalue weighted by atomic mass is 32.1. The molecule has 42 heavy (non-hydrogen) atoms. The van der Waals surface area contributed by atoms with Gasteiger partial charge in [-0.15, -0.1) is 0 Å². The van der Waals surface area contributed by atoms with Crippen LogP contribution in [-0.2, 0) is 9.53 Å². The highest BCUT2D eigenvalue weighted by Gasteiger charge is 2.35. The first kappa shape index (κ1) is 28.4. The summed E-state index contributed by atoms with van der Waals surface area (Å²) < 4.78 is 23.8. The van der Waals surface area contributed by atoms with E-state index in [0.717, 1.165) is 11.1 Å². The lowest BCUT2D eigenvalue weighted by atomic mass is 9.93. The van der Waals surface area contributed by atoms with Crippen LogP contribution in [0.3, 0.4) is 0 Å². The molecular formula is C32H27N3O6S. The van der Waals surface area contributed by atoms with Crippen LogP contribution in [0.4, 0.5) is 0 Å². The summed E-state index contributed by atoms with van der Waals surface area (Å²) in [4.78, 5) is 33.0. The Labute approximate surface area is 245 Å². The van der Waals surface area contributed by atoms with Crippen molar-refractivity contribution >= 4 is 29.1 Å². The number of methoxy groups -OCH3 is 2. The summed E-state index contributed by atoms with van der Waals surface area (Å²) in [6.07, 6.45) is 1.76.